The monoisotopic (exact) mass is 531 g/mol. The number of carbonyl (C=O) groups is 6. The predicted molar refractivity (Wildman–Crippen MR) is 129 cm³/mol. The third-order valence-electron chi connectivity index (χ3n) is 7.87. The molecule has 2 amide bonds. The van der Waals surface area contributed by atoms with Gasteiger partial charge in [-0.2, -0.15) is 0 Å². The summed E-state index contributed by atoms with van der Waals surface area (Å²) in [6, 6.07) is -0.345. The van der Waals surface area contributed by atoms with Gasteiger partial charge in [-0.15, -0.1) is 0 Å². The van der Waals surface area contributed by atoms with Gasteiger partial charge in [0, 0.05) is 24.0 Å². The van der Waals surface area contributed by atoms with E-state index in [4.69, 9.17) is 5.73 Å². The lowest BCUT2D eigenvalue weighted by Gasteiger charge is -2.52. The smallest absolute Gasteiger partial charge is 0.235 e. The summed E-state index contributed by atoms with van der Waals surface area (Å²) in [6.45, 7) is 3.57. The number of fused-ring (bicyclic) bond motifs is 3. The molecule has 0 bridgehead atoms. The largest absolute Gasteiger partial charge is 0.505 e. The zero-order chi connectivity index (χ0) is 28.4. The topological polar surface area (TPSA) is 184 Å². The molecule has 3 aliphatic carbocycles. The van der Waals surface area contributed by atoms with Crippen LogP contribution < -0.4 is 11.1 Å². The van der Waals surface area contributed by atoms with Crippen molar-refractivity contribution in [3.05, 3.63) is 23.0 Å². The number of ketones is 4. The summed E-state index contributed by atoms with van der Waals surface area (Å²) >= 11 is 0. The molecule has 2 unspecified atom stereocenters. The molecule has 1 aromatic carbocycles. The van der Waals surface area contributed by atoms with Crippen LogP contribution in [-0.2, 0) is 30.4 Å². The lowest BCUT2D eigenvalue weighted by Crippen LogP contribution is -2.74. The van der Waals surface area contributed by atoms with Gasteiger partial charge < -0.3 is 21.3 Å². The Morgan fingerprint density at radius 3 is 2.39 bits per heavy atom. The summed E-state index contributed by atoms with van der Waals surface area (Å²) < 4.78 is 15.2. The molecule has 0 spiro atoms. The van der Waals surface area contributed by atoms with Crippen LogP contribution in [0.4, 0.5) is 10.1 Å². The number of hydrogen-bond acceptors (Lipinski definition) is 9. The van der Waals surface area contributed by atoms with Gasteiger partial charge in [-0.05, 0) is 38.8 Å². The van der Waals surface area contributed by atoms with Crippen molar-refractivity contribution in [3.63, 3.8) is 0 Å². The summed E-state index contributed by atoms with van der Waals surface area (Å²) in [7, 11) is 2.95. The molecule has 0 aliphatic heterocycles. The third-order valence-corrected chi connectivity index (χ3v) is 7.87. The van der Waals surface area contributed by atoms with Crippen molar-refractivity contribution < 1.29 is 43.4 Å². The number of benzene rings is 1. The van der Waals surface area contributed by atoms with Crippen molar-refractivity contribution in [1.82, 2.24) is 4.90 Å². The van der Waals surface area contributed by atoms with E-state index in [1.54, 1.807) is 13.8 Å². The Balaban J connectivity index is 1.81. The number of nitrogens with two attached hydrogens (primary N) is 1. The van der Waals surface area contributed by atoms with Crippen LogP contribution in [0.3, 0.4) is 0 Å². The van der Waals surface area contributed by atoms with Crippen LogP contribution in [0.1, 0.15) is 42.6 Å². The fraction of sp³-hybridized carbons (Fsp3) is 0.538. The molecule has 11 nitrogen and oxygen atoms in total. The number of nitrogens with one attached hydrogen (secondary N) is 1. The van der Waals surface area contributed by atoms with Crippen LogP contribution in [0, 0.1) is 35.4 Å². The van der Waals surface area contributed by atoms with Crippen LogP contribution in [0.25, 0.3) is 0 Å². The van der Waals surface area contributed by atoms with E-state index in [-0.39, 0.29) is 36.4 Å². The number of amides is 2. The Morgan fingerprint density at radius 2 is 1.84 bits per heavy atom. The number of carbonyl (C=O) groups excluding carboxylic acids is 6. The molecule has 0 radical (unpaired) electrons. The fourth-order valence-corrected chi connectivity index (χ4v) is 6.29. The molecule has 5 N–H and O–H groups in total. The number of aromatic hydroxyl groups is 1. The van der Waals surface area contributed by atoms with E-state index < -0.39 is 87.4 Å². The molecular formula is C26H30FN3O8. The summed E-state index contributed by atoms with van der Waals surface area (Å²) in [5, 5.41) is 24.8. The number of anilines is 1. The first kappa shape index (κ1) is 27.5. The van der Waals surface area contributed by atoms with Crippen molar-refractivity contribution >= 4 is 40.6 Å². The van der Waals surface area contributed by atoms with Gasteiger partial charge in [0.15, 0.2) is 34.7 Å². The quantitative estimate of drug-likeness (QED) is 0.300. The Morgan fingerprint density at radius 1 is 1.21 bits per heavy atom. The van der Waals surface area contributed by atoms with Crippen LogP contribution >= 0.6 is 0 Å². The molecule has 1 aromatic rings. The highest BCUT2D eigenvalue weighted by Gasteiger charge is 2.69. The van der Waals surface area contributed by atoms with Crippen molar-refractivity contribution in [2.24, 2.45) is 35.3 Å². The van der Waals surface area contributed by atoms with E-state index in [0.29, 0.717) is 0 Å². The van der Waals surface area contributed by atoms with Gasteiger partial charge in [-0.25, -0.2) is 4.39 Å². The van der Waals surface area contributed by atoms with Gasteiger partial charge in [0.25, 0.3) is 0 Å². The van der Waals surface area contributed by atoms with Crippen LogP contribution in [-0.4, -0.2) is 75.8 Å². The number of primary amides is 1. The van der Waals surface area contributed by atoms with Gasteiger partial charge in [0.05, 0.1) is 23.2 Å². The first-order chi connectivity index (χ1) is 17.6. The number of rotatable bonds is 5. The summed E-state index contributed by atoms with van der Waals surface area (Å²) in [6.07, 6.45) is -0.318. The van der Waals surface area contributed by atoms with Crippen molar-refractivity contribution in [2.45, 2.75) is 44.8 Å². The number of Topliss-reactive ketones (excluding diaryl/α,β-unsaturated/α-hetero) is 4. The first-order valence-electron chi connectivity index (χ1n) is 12.3. The molecule has 0 heterocycles. The molecule has 2 saturated carbocycles. The maximum atomic E-state index is 15.2. The summed E-state index contributed by atoms with van der Waals surface area (Å²) in [5.41, 5.74) is 1.38. The maximum absolute atomic E-state index is 15.2. The Labute approximate surface area is 217 Å². The Bertz CT molecular complexity index is 1290. The number of phenols is 1. The number of aliphatic hydroxyl groups is 1. The highest BCUT2D eigenvalue weighted by molar-refractivity contribution is 6.32. The molecule has 2 fully saturated rings. The molecule has 3 aliphatic rings. The van der Waals surface area contributed by atoms with Crippen molar-refractivity contribution in [2.75, 3.05) is 19.4 Å². The van der Waals surface area contributed by atoms with Crippen molar-refractivity contribution in [3.8, 4) is 5.75 Å². The lowest BCUT2D eigenvalue weighted by atomic mass is 9.52. The Hall–Kier alpha value is -3.51. The van der Waals surface area contributed by atoms with E-state index in [2.05, 4.69) is 5.32 Å². The number of nitrogens with zero attached hydrogens (tertiary/aromatic N) is 1. The van der Waals surface area contributed by atoms with Gasteiger partial charge in [0.1, 0.15) is 11.6 Å². The number of likely N-dealkylation sites (N-methyl/N-ethyl adjacent to an activating group) is 1. The van der Waals surface area contributed by atoms with Gasteiger partial charge in [-0.1, -0.05) is 13.8 Å². The molecule has 38 heavy (non-hydrogen) atoms. The van der Waals surface area contributed by atoms with Crippen molar-refractivity contribution in [1.29, 1.82) is 0 Å². The zero-order valence-corrected chi connectivity index (χ0v) is 21.4. The van der Waals surface area contributed by atoms with E-state index >= 15 is 4.39 Å². The predicted octanol–water partition coefficient (Wildman–Crippen LogP) is -0.00930. The van der Waals surface area contributed by atoms with Gasteiger partial charge in [-0.3, -0.25) is 33.7 Å². The van der Waals surface area contributed by atoms with E-state index in [9.17, 15) is 39.0 Å². The molecule has 4 rings (SSSR count). The summed E-state index contributed by atoms with van der Waals surface area (Å²) in [4.78, 5) is 79.3. The van der Waals surface area contributed by atoms with E-state index in [1.807, 2.05) is 0 Å². The van der Waals surface area contributed by atoms with Crippen LogP contribution in [0.5, 0.6) is 5.75 Å². The molecule has 0 saturated heterocycles. The highest BCUT2D eigenvalue weighted by atomic mass is 19.1. The van der Waals surface area contributed by atoms with Crippen LogP contribution in [0.15, 0.2) is 6.07 Å². The molecule has 12 heteroatoms. The normalized spacial score (nSPS) is 30.7. The zero-order valence-electron chi connectivity index (χ0n) is 21.4. The minimum Gasteiger partial charge on any atom is -0.505 e. The molecule has 6 atom stereocenters. The third kappa shape index (κ3) is 3.93. The number of halogens is 1. The minimum atomic E-state index is -2.87. The highest BCUT2D eigenvalue weighted by Crippen LogP contribution is 2.51. The second kappa shape index (κ2) is 9.35. The minimum absolute atomic E-state index is 0.0364. The molecular weight excluding hydrogens is 501 g/mol. The summed E-state index contributed by atoms with van der Waals surface area (Å²) in [5.74, 6) is -13.9. The lowest BCUT2D eigenvalue weighted by molar-refractivity contribution is -0.181. The maximum Gasteiger partial charge on any atom is 0.235 e. The average Bonchev–Trinajstić information content (AvgIpc) is 2.78. The van der Waals surface area contributed by atoms with E-state index in [1.165, 1.54) is 19.0 Å². The van der Waals surface area contributed by atoms with Gasteiger partial charge in [0.2, 0.25) is 11.8 Å². The second-order valence-electron chi connectivity index (χ2n) is 11.0. The SMILES string of the molecule is CC(C)CC(=O)Nc1cc(F)c2c(c1O)C(=O)C1C(=O)[C@]3(O)C(=O)C(C(N)=O)C(=O)[C@@H](N(C)C)[C@@H]3C[C@@H]1C2. The first-order valence-corrected chi connectivity index (χ1v) is 12.3. The standard InChI is InChI=1S/C26H30FN3O8/c1-9(2)5-15(31)29-14-8-13(27)11-6-10-7-12-19(30(3)4)22(34)18(25(28)37)24(36)26(12,38)23(35)16(10)21(33)17(11)20(14)32/h8-10,12,16,18-19,32,38H,5-7H2,1-4H3,(H2,28,37)(H,29,31)/t10-,12-,16?,18?,19-,26-/m0/s1. The van der Waals surface area contributed by atoms with Gasteiger partial charge >= 0.3 is 0 Å². The molecule has 0 aromatic heterocycles. The van der Waals surface area contributed by atoms with Crippen LogP contribution in [0.2, 0.25) is 0 Å². The second-order valence-corrected chi connectivity index (χ2v) is 11.0. The molecule has 204 valence electrons. The number of hydrogen-bond donors (Lipinski definition) is 4. The Kier molecular flexibility index (Phi) is 6.77. The fourth-order valence-electron chi connectivity index (χ4n) is 6.29. The number of phenolic OH excluding ortho intramolecular Hbond substituents is 1. The average molecular weight is 532 g/mol. The van der Waals surface area contributed by atoms with E-state index in [0.717, 1.165) is 6.07 Å².